The van der Waals surface area contributed by atoms with Crippen molar-refractivity contribution in [2.75, 3.05) is 34.4 Å². The number of thiazole rings is 2. The highest BCUT2D eigenvalue weighted by Gasteiger charge is 2.39. The van der Waals surface area contributed by atoms with Crippen LogP contribution in [0.25, 0.3) is 31.2 Å². The molecule has 0 saturated carbocycles. The van der Waals surface area contributed by atoms with Crippen molar-refractivity contribution < 1.29 is 28.6 Å². The molecule has 0 aromatic carbocycles. The lowest BCUT2D eigenvalue weighted by Gasteiger charge is -2.30. The van der Waals surface area contributed by atoms with Crippen molar-refractivity contribution in [3.63, 3.8) is 0 Å². The molecule has 0 aliphatic carbocycles. The quantitative estimate of drug-likeness (QED) is 0.191. The van der Waals surface area contributed by atoms with Crippen LogP contribution in [0.2, 0.25) is 0 Å². The van der Waals surface area contributed by atoms with Gasteiger partial charge in [0, 0.05) is 52.1 Å². The maximum Gasteiger partial charge on any atom is 0.407 e. The fourth-order valence-electron chi connectivity index (χ4n) is 6.12. The average Bonchev–Trinajstić information content (AvgIpc) is 3.95. The van der Waals surface area contributed by atoms with Crippen LogP contribution in [0, 0.1) is 6.42 Å². The molecule has 1 radical (unpaired) electrons. The van der Waals surface area contributed by atoms with Gasteiger partial charge in [-0.25, -0.2) is 24.7 Å². The number of rotatable bonds is 12. The van der Waals surface area contributed by atoms with Crippen LogP contribution < -0.4 is 5.32 Å². The fraction of sp³-hybridized carbons (Fsp3) is 0.500. The van der Waals surface area contributed by atoms with Crippen LogP contribution in [0.3, 0.4) is 0 Å². The molecule has 15 nitrogen and oxygen atoms in total. The summed E-state index contributed by atoms with van der Waals surface area (Å²) in [6.07, 6.45) is 10.6. The van der Waals surface area contributed by atoms with Gasteiger partial charge in [-0.15, -0.1) is 22.7 Å². The van der Waals surface area contributed by atoms with E-state index >= 15 is 0 Å². The van der Waals surface area contributed by atoms with Crippen molar-refractivity contribution in [1.82, 2.24) is 45.0 Å². The Hall–Kier alpha value is -4.19. The number of nitrogens with zero attached hydrogens (tertiary/aromatic N) is 6. The molecule has 3 amide bonds. The number of carbonyl (C=O) groups excluding carboxylic acids is 3. The third-order valence-electron chi connectivity index (χ3n) is 8.91. The molecular weight excluding hydrogens is 671 g/mol. The molecule has 0 spiro atoms. The highest BCUT2D eigenvalue weighted by Crippen LogP contribution is 2.39. The van der Waals surface area contributed by atoms with E-state index in [2.05, 4.69) is 25.3 Å². The summed E-state index contributed by atoms with van der Waals surface area (Å²) in [4.78, 5) is 69.3. The predicted molar refractivity (Wildman–Crippen MR) is 182 cm³/mol. The molecule has 6 heterocycles. The second kappa shape index (κ2) is 15.1. The van der Waals surface area contributed by atoms with Gasteiger partial charge in [0.05, 0.1) is 47.6 Å². The molecule has 3 N–H and O–H groups in total. The van der Waals surface area contributed by atoms with Gasteiger partial charge < -0.3 is 39.3 Å². The Labute approximate surface area is 291 Å². The van der Waals surface area contributed by atoms with Gasteiger partial charge in [-0.1, -0.05) is 0 Å². The summed E-state index contributed by atoms with van der Waals surface area (Å²) in [7, 11) is 4.33. The van der Waals surface area contributed by atoms with E-state index in [-0.39, 0.29) is 30.0 Å². The topological polar surface area (TPSA) is 181 Å². The Kier molecular flexibility index (Phi) is 10.7. The molecule has 17 heteroatoms. The van der Waals surface area contributed by atoms with Crippen LogP contribution >= 0.6 is 22.7 Å². The minimum Gasteiger partial charge on any atom is -0.453 e. The first kappa shape index (κ1) is 34.7. The van der Waals surface area contributed by atoms with Gasteiger partial charge in [-0.3, -0.25) is 9.59 Å². The zero-order valence-corrected chi connectivity index (χ0v) is 29.6. The molecule has 261 valence electrons. The molecule has 5 atom stereocenters. The number of amides is 3. The van der Waals surface area contributed by atoms with E-state index in [0.717, 1.165) is 57.0 Å². The van der Waals surface area contributed by atoms with E-state index < -0.39 is 18.2 Å². The Morgan fingerprint density at radius 3 is 1.96 bits per heavy atom. The molecule has 6 rings (SSSR count). The molecule has 4 aromatic rings. The number of aromatic amines is 2. The van der Waals surface area contributed by atoms with E-state index in [0.29, 0.717) is 24.6 Å². The lowest BCUT2D eigenvalue weighted by atomic mass is 10.1. The van der Waals surface area contributed by atoms with Crippen LogP contribution in [-0.4, -0.2) is 110 Å². The third-order valence-corrected chi connectivity index (χ3v) is 11.1. The molecule has 2 aliphatic rings. The van der Waals surface area contributed by atoms with Crippen molar-refractivity contribution in [2.45, 2.75) is 69.9 Å². The first-order chi connectivity index (χ1) is 23.7. The number of likely N-dealkylation sites (tertiary alicyclic amines) is 2. The molecule has 2 saturated heterocycles. The number of aromatic nitrogens is 6. The Morgan fingerprint density at radius 2 is 1.43 bits per heavy atom. The number of carbonyl (C=O) groups is 3. The van der Waals surface area contributed by atoms with E-state index in [1.165, 1.54) is 36.9 Å². The fourth-order valence-corrected chi connectivity index (χ4v) is 7.93. The Balaban J connectivity index is 1.13. The minimum absolute atomic E-state index is 0.0521. The van der Waals surface area contributed by atoms with E-state index in [4.69, 9.17) is 24.2 Å². The van der Waals surface area contributed by atoms with Gasteiger partial charge in [-0.2, -0.15) is 0 Å². The second-order valence-corrected chi connectivity index (χ2v) is 14.0. The Bertz CT molecular complexity index is 1770. The smallest absolute Gasteiger partial charge is 0.407 e. The summed E-state index contributed by atoms with van der Waals surface area (Å²) >= 11 is 3.02. The molecule has 0 bridgehead atoms. The monoisotopic (exact) mass is 710 g/mol. The Morgan fingerprint density at radius 1 is 0.878 bits per heavy atom. The number of imidazole rings is 2. The SMILES string of the molecule is COC(=O)N[C@H](C(=O)N1CCC[C@H]1c1nc(-c2ncc(-c3cnc(-c4c[nH]c([C@@H]5CCCN5C(=O)[CH][C@@H](C)OC)n4)s3)s2)c[nH]1)[C@@H](C)OC. The lowest BCUT2D eigenvalue weighted by molar-refractivity contribution is -0.137. The zero-order valence-electron chi connectivity index (χ0n) is 28.0. The number of hydrogen-bond acceptors (Lipinski definition) is 12. The van der Waals surface area contributed by atoms with Gasteiger partial charge in [-0.05, 0) is 39.5 Å². The first-order valence-electron chi connectivity index (χ1n) is 16.1. The van der Waals surface area contributed by atoms with Gasteiger partial charge >= 0.3 is 6.09 Å². The van der Waals surface area contributed by atoms with Crippen molar-refractivity contribution >= 4 is 40.6 Å². The average molecular weight is 711 g/mol. The maximum atomic E-state index is 13.6. The van der Waals surface area contributed by atoms with Crippen LogP contribution in [0.1, 0.15) is 63.3 Å². The molecule has 49 heavy (non-hydrogen) atoms. The van der Waals surface area contributed by atoms with E-state index in [1.54, 1.807) is 31.6 Å². The molecule has 0 unspecified atom stereocenters. The zero-order chi connectivity index (χ0) is 34.7. The highest BCUT2D eigenvalue weighted by molar-refractivity contribution is 7.24. The van der Waals surface area contributed by atoms with Crippen molar-refractivity contribution in [3.8, 4) is 31.2 Å². The number of methoxy groups -OCH3 is 3. The largest absolute Gasteiger partial charge is 0.453 e. The maximum absolute atomic E-state index is 13.6. The summed E-state index contributed by atoms with van der Waals surface area (Å²) < 4.78 is 15.3. The molecular formula is C32H40N9O6S2. The summed E-state index contributed by atoms with van der Waals surface area (Å²) in [5.41, 5.74) is 1.40. The van der Waals surface area contributed by atoms with Crippen LogP contribution in [0.4, 0.5) is 4.79 Å². The molecule has 4 aromatic heterocycles. The molecule has 2 aliphatic heterocycles. The van der Waals surface area contributed by atoms with Crippen LogP contribution in [-0.2, 0) is 23.8 Å². The van der Waals surface area contributed by atoms with Crippen molar-refractivity contribution in [2.24, 2.45) is 0 Å². The first-order valence-corrected chi connectivity index (χ1v) is 17.7. The van der Waals surface area contributed by atoms with Gasteiger partial charge in [0.25, 0.3) is 0 Å². The summed E-state index contributed by atoms with van der Waals surface area (Å²) in [5.74, 6) is 1.09. The standard InChI is InChI=1S/C32H40N9O6S2/c1-17(45-3)12-25(42)40-10-6-8-21(40)27-33-13-19(37-27)29-35-15-23(48-29)24-16-36-30(49-24)20-14-34-28(38-20)22-9-7-11-41(22)31(43)26(18(2)46-4)39-32(44)47-5/h12-18,21-22,26H,6-11H2,1-5H3,(H,33,37)(H,34,38)(H,39,44)/t17-,18-,21+,22+,26+/m1/s1. The van der Waals surface area contributed by atoms with Crippen LogP contribution in [0.15, 0.2) is 24.8 Å². The lowest BCUT2D eigenvalue weighted by Crippen LogP contribution is -2.54. The number of hydrogen-bond donors (Lipinski definition) is 3. The van der Waals surface area contributed by atoms with Crippen molar-refractivity contribution in [1.29, 1.82) is 0 Å². The summed E-state index contributed by atoms with van der Waals surface area (Å²) in [6.45, 7) is 4.78. The van der Waals surface area contributed by atoms with Crippen LogP contribution in [0.5, 0.6) is 0 Å². The number of alkyl carbamates (subject to hydrolysis) is 1. The number of H-pyrrole nitrogens is 2. The molecule has 2 fully saturated rings. The van der Waals surface area contributed by atoms with Gasteiger partial charge in [0.15, 0.2) is 0 Å². The summed E-state index contributed by atoms with van der Waals surface area (Å²) in [6, 6.07) is -1.30. The normalized spacial score (nSPS) is 19.6. The third kappa shape index (κ3) is 7.39. The van der Waals surface area contributed by atoms with Gasteiger partial charge in [0.2, 0.25) is 11.8 Å². The van der Waals surface area contributed by atoms with Crippen molar-refractivity contribution in [3.05, 3.63) is 42.9 Å². The second-order valence-electron chi connectivity index (χ2n) is 11.9. The van der Waals surface area contributed by atoms with Gasteiger partial charge in [0.1, 0.15) is 39.1 Å². The minimum atomic E-state index is -0.901. The predicted octanol–water partition coefficient (Wildman–Crippen LogP) is 4.37. The number of ether oxygens (including phenoxy) is 3. The highest BCUT2D eigenvalue weighted by atomic mass is 32.1. The van der Waals surface area contributed by atoms with E-state index in [1.807, 2.05) is 30.4 Å². The summed E-state index contributed by atoms with van der Waals surface area (Å²) in [5, 5.41) is 4.10. The number of nitrogens with one attached hydrogen (secondary N) is 3. The van der Waals surface area contributed by atoms with E-state index in [9.17, 15) is 14.4 Å².